The Balaban J connectivity index is 3.68. The lowest BCUT2D eigenvalue weighted by molar-refractivity contribution is 1.35. The predicted octanol–water partition coefficient (Wildman–Crippen LogP) is 1.89. The fourth-order valence-corrected chi connectivity index (χ4v) is 0.519. The standard InChI is InChI=1S/C8H11N/c1-6-4-3-5-8(9)7(6)2/h3-5H,9H2,1-2H3/i2D3,3D,4D,5D. The van der Waals surface area contributed by atoms with Gasteiger partial charge >= 0.3 is 0 Å². The molecule has 0 saturated heterocycles. The van der Waals surface area contributed by atoms with Crippen LogP contribution in [-0.2, 0) is 0 Å². The van der Waals surface area contributed by atoms with E-state index in [1.807, 2.05) is 0 Å². The molecular weight excluding hydrogens is 110 g/mol. The third-order valence-electron chi connectivity index (χ3n) is 1.09. The highest BCUT2D eigenvalue weighted by Crippen LogP contribution is 2.13. The Morgan fingerprint density at radius 1 is 1.67 bits per heavy atom. The second-order valence-corrected chi connectivity index (χ2v) is 1.79. The highest BCUT2D eigenvalue weighted by molar-refractivity contribution is 5.49. The fourth-order valence-electron chi connectivity index (χ4n) is 0.519. The molecule has 0 aliphatic heterocycles. The largest absolute Gasteiger partial charge is 0.399 e. The monoisotopic (exact) mass is 127 g/mol. The van der Waals surface area contributed by atoms with Crippen LogP contribution < -0.4 is 5.73 Å². The first kappa shape index (κ1) is 2.01. The molecule has 0 spiro atoms. The lowest BCUT2D eigenvalue weighted by Gasteiger charge is -2.00. The molecule has 1 heteroatoms. The summed E-state index contributed by atoms with van der Waals surface area (Å²) in [5.41, 5.74) is 5.22. The number of hydrogen-bond donors (Lipinski definition) is 1. The summed E-state index contributed by atoms with van der Waals surface area (Å²) in [7, 11) is 0. The quantitative estimate of drug-likeness (QED) is 0.529. The normalized spacial score (nSPS) is 20.6. The van der Waals surface area contributed by atoms with Crippen LogP contribution in [0.3, 0.4) is 0 Å². The molecular formula is C8H11N. The van der Waals surface area contributed by atoms with Crippen LogP contribution in [0.5, 0.6) is 0 Å². The lowest BCUT2D eigenvalue weighted by Crippen LogP contribution is -1.90. The van der Waals surface area contributed by atoms with Crippen molar-refractivity contribution in [2.75, 3.05) is 5.73 Å². The zero-order valence-corrected chi connectivity index (χ0v) is 5.08. The minimum atomic E-state index is -2.45. The Labute approximate surface area is 63.9 Å². The van der Waals surface area contributed by atoms with Crippen molar-refractivity contribution >= 4 is 5.69 Å². The van der Waals surface area contributed by atoms with Gasteiger partial charge in [0.1, 0.15) is 0 Å². The van der Waals surface area contributed by atoms with Gasteiger partial charge in [-0.15, -0.1) is 0 Å². The SMILES string of the molecule is [2H]c1c([2H])c(C)c(C([2H])([2H])[2H])c(N)c1[2H]. The molecule has 0 atom stereocenters. The van der Waals surface area contributed by atoms with Crippen LogP contribution in [0.25, 0.3) is 0 Å². The number of benzene rings is 1. The molecule has 0 unspecified atom stereocenters. The van der Waals surface area contributed by atoms with Crippen LogP contribution in [0.2, 0.25) is 0 Å². The van der Waals surface area contributed by atoms with Gasteiger partial charge in [0.05, 0.1) is 4.11 Å². The predicted molar refractivity (Wildman–Crippen MR) is 40.3 cm³/mol. The van der Waals surface area contributed by atoms with Gasteiger partial charge in [0.2, 0.25) is 0 Å². The summed E-state index contributed by atoms with van der Waals surface area (Å²) in [6.07, 6.45) is 0. The van der Waals surface area contributed by atoms with Crippen molar-refractivity contribution < 1.29 is 8.22 Å². The van der Waals surface area contributed by atoms with Gasteiger partial charge in [0.25, 0.3) is 0 Å². The molecule has 0 fully saturated rings. The van der Waals surface area contributed by atoms with Gasteiger partial charge in [-0.2, -0.15) is 0 Å². The number of hydrogen-bond acceptors (Lipinski definition) is 1. The molecule has 0 radical (unpaired) electrons. The topological polar surface area (TPSA) is 26.0 Å². The zero-order chi connectivity index (χ0) is 12.0. The fraction of sp³-hybridized carbons (Fsp3) is 0.250. The first-order valence-electron chi connectivity index (χ1n) is 5.54. The summed E-state index contributed by atoms with van der Waals surface area (Å²) >= 11 is 0. The highest BCUT2D eigenvalue weighted by atomic mass is 14.5. The van der Waals surface area contributed by atoms with E-state index in [0.29, 0.717) is 0 Å². The van der Waals surface area contributed by atoms with Crippen LogP contribution >= 0.6 is 0 Å². The molecule has 0 aliphatic rings. The number of nitrogens with two attached hydrogens (primary N) is 1. The molecule has 9 heavy (non-hydrogen) atoms. The summed E-state index contributed by atoms with van der Waals surface area (Å²) < 4.78 is 44.0. The molecule has 2 N–H and O–H groups in total. The highest BCUT2D eigenvalue weighted by Gasteiger charge is 1.92. The molecule has 1 aromatic carbocycles. The van der Waals surface area contributed by atoms with Crippen molar-refractivity contribution in [2.45, 2.75) is 13.8 Å². The molecule has 1 rings (SSSR count). The molecule has 0 saturated carbocycles. The first-order chi connectivity index (χ1) is 6.68. The van der Waals surface area contributed by atoms with Crippen molar-refractivity contribution in [3.63, 3.8) is 0 Å². The van der Waals surface area contributed by atoms with Crippen LogP contribution in [0.15, 0.2) is 18.1 Å². The summed E-state index contributed by atoms with van der Waals surface area (Å²) in [6.45, 7) is -1.02. The Morgan fingerprint density at radius 3 is 3.11 bits per heavy atom. The van der Waals surface area contributed by atoms with E-state index in [2.05, 4.69) is 0 Å². The summed E-state index contributed by atoms with van der Waals surface area (Å²) in [6, 6.07) is -0.977. The Kier molecular flexibility index (Phi) is 0.468. The maximum absolute atomic E-state index is 7.49. The van der Waals surface area contributed by atoms with Crippen LogP contribution in [0, 0.1) is 13.8 Å². The van der Waals surface area contributed by atoms with Gasteiger partial charge in [0.15, 0.2) is 0 Å². The van der Waals surface area contributed by atoms with E-state index in [1.165, 1.54) is 6.92 Å². The third kappa shape index (κ3) is 1.04. The summed E-state index contributed by atoms with van der Waals surface area (Å²) in [5, 5.41) is 0. The molecule has 0 bridgehead atoms. The maximum atomic E-state index is 7.49. The molecule has 0 amide bonds. The van der Waals surface area contributed by atoms with Crippen molar-refractivity contribution in [1.82, 2.24) is 0 Å². The van der Waals surface area contributed by atoms with Gasteiger partial charge < -0.3 is 5.73 Å². The van der Waals surface area contributed by atoms with E-state index >= 15 is 0 Å². The smallest absolute Gasteiger partial charge is 0.0645 e. The molecule has 1 nitrogen and oxygen atoms in total. The number of rotatable bonds is 0. The second kappa shape index (κ2) is 2.09. The van der Waals surface area contributed by atoms with Gasteiger partial charge in [-0.25, -0.2) is 0 Å². The Hall–Kier alpha value is -0.980. The minimum absolute atomic E-state index is 0.147. The van der Waals surface area contributed by atoms with Crippen LogP contribution in [0.4, 0.5) is 5.69 Å². The molecule has 0 heterocycles. The first-order valence-corrected chi connectivity index (χ1v) is 2.54. The van der Waals surface area contributed by atoms with Gasteiger partial charge in [-0.05, 0) is 30.9 Å². The van der Waals surface area contributed by atoms with E-state index in [-0.39, 0.29) is 28.9 Å². The van der Waals surface area contributed by atoms with Crippen molar-refractivity contribution in [3.05, 3.63) is 29.3 Å². The van der Waals surface area contributed by atoms with E-state index in [0.717, 1.165) is 0 Å². The Bertz CT molecular complexity index is 380. The number of nitrogen functional groups attached to an aromatic ring is 1. The number of anilines is 1. The lowest BCUT2D eigenvalue weighted by atomic mass is 10.1. The molecule has 0 aliphatic carbocycles. The average Bonchev–Trinajstić information content (AvgIpc) is 2.09. The molecule has 48 valence electrons. The van der Waals surface area contributed by atoms with Crippen molar-refractivity contribution in [2.24, 2.45) is 0 Å². The summed E-state index contributed by atoms with van der Waals surface area (Å²) in [5.74, 6) is 0. The van der Waals surface area contributed by atoms with E-state index < -0.39 is 12.9 Å². The Morgan fingerprint density at radius 2 is 2.44 bits per heavy atom. The van der Waals surface area contributed by atoms with E-state index in [1.54, 1.807) is 0 Å². The molecule has 1 aromatic rings. The van der Waals surface area contributed by atoms with E-state index in [4.69, 9.17) is 14.0 Å². The zero-order valence-electron chi connectivity index (χ0n) is 11.1. The minimum Gasteiger partial charge on any atom is -0.399 e. The van der Waals surface area contributed by atoms with Crippen molar-refractivity contribution in [3.8, 4) is 0 Å². The van der Waals surface area contributed by atoms with E-state index in [9.17, 15) is 0 Å². The van der Waals surface area contributed by atoms with Gasteiger partial charge in [-0.1, -0.05) is 12.1 Å². The second-order valence-electron chi connectivity index (χ2n) is 1.79. The third-order valence-corrected chi connectivity index (χ3v) is 1.09. The average molecular weight is 127 g/mol. The van der Waals surface area contributed by atoms with Gasteiger partial charge in [-0.3, -0.25) is 0 Å². The van der Waals surface area contributed by atoms with Crippen LogP contribution in [-0.4, -0.2) is 0 Å². The van der Waals surface area contributed by atoms with Gasteiger partial charge in [0, 0.05) is 9.80 Å². The van der Waals surface area contributed by atoms with Crippen molar-refractivity contribution in [1.29, 1.82) is 0 Å². The summed E-state index contributed by atoms with van der Waals surface area (Å²) in [4.78, 5) is 0. The maximum Gasteiger partial charge on any atom is 0.0645 e. The molecule has 0 aromatic heterocycles. The van der Waals surface area contributed by atoms with Crippen LogP contribution in [0.1, 0.15) is 19.4 Å².